The highest BCUT2D eigenvalue weighted by atomic mass is 16.1. The van der Waals surface area contributed by atoms with Crippen molar-refractivity contribution in [3.05, 3.63) is 0 Å². The van der Waals surface area contributed by atoms with Gasteiger partial charge in [0.25, 0.3) is 0 Å². The summed E-state index contributed by atoms with van der Waals surface area (Å²) >= 11 is 0. The lowest BCUT2D eigenvalue weighted by molar-refractivity contribution is -0.133. The minimum Gasteiger partial charge on any atom is -0.351 e. The van der Waals surface area contributed by atoms with Crippen molar-refractivity contribution in [1.82, 2.24) is 5.32 Å². The lowest BCUT2D eigenvalue weighted by Gasteiger charge is -2.63. The van der Waals surface area contributed by atoms with Gasteiger partial charge in [-0.25, -0.2) is 0 Å². The standard InChI is InChI=1S/C15H25NO/c1-10(2)14-5-12-4-13(6-14)8-15(7-12,9-14)16-11(3)17/h10,12-13H,4-9H2,1-3H3,(H,16,17). The van der Waals surface area contributed by atoms with E-state index in [0.29, 0.717) is 5.41 Å². The number of hydrogen-bond donors (Lipinski definition) is 1. The van der Waals surface area contributed by atoms with Crippen molar-refractivity contribution in [2.45, 2.75) is 64.8 Å². The van der Waals surface area contributed by atoms with Crippen LogP contribution in [-0.4, -0.2) is 11.4 Å². The number of rotatable bonds is 2. The highest BCUT2D eigenvalue weighted by molar-refractivity contribution is 5.74. The smallest absolute Gasteiger partial charge is 0.217 e. The third-order valence-corrected chi connectivity index (χ3v) is 5.77. The minimum atomic E-state index is 0.167. The fourth-order valence-corrected chi connectivity index (χ4v) is 5.53. The number of carbonyl (C=O) groups excluding carboxylic acids is 1. The zero-order valence-electron chi connectivity index (χ0n) is 11.4. The average molecular weight is 235 g/mol. The van der Waals surface area contributed by atoms with Gasteiger partial charge in [-0.3, -0.25) is 4.79 Å². The van der Waals surface area contributed by atoms with Crippen LogP contribution in [0.3, 0.4) is 0 Å². The third kappa shape index (κ3) is 1.71. The average Bonchev–Trinajstić information content (AvgIpc) is 2.12. The summed E-state index contributed by atoms with van der Waals surface area (Å²) in [5.74, 6) is 2.70. The predicted molar refractivity (Wildman–Crippen MR) is 68.5 cm³/mol. The fraction of sp³-hybridized carbons (Fsp3) is 0.933. The van der Waals surface area contributed by atoms with Crippen LogP contribution in [0.1, 0.15) is 59.3 Å². The van der Waals surface area contributed by atoms with E-state index in [1.54, 1.807) is 6.92 Å². The Morgan fingerprint density at radius 3 is 2.24 bits per heavy atom. The van der Waals surface area contributed by atoms with Gasteiger partial charge in [-0.15, -0.1) is 0 Å². The van der Waals surface area contributed by atoms with Gasteiger partial charge < -0.3 is 5.32 Å². The zero-order chi connectivity index (χ0) is 12.3. The molecule has 4 saturated carbocycles. The van der Waals surface area contributed by atoms with Gasteiger partial charge in [0.2, 0.25) is 5.91 Å². The maximum atomic E-state index is 11.5. The van der Waals surface area contributed by atoms with E-state index in [9.17, 15) is 4.79 Å². The molecule has 0 aromatic carbocycles. The topological polar surface area (TPSA) is 29.1 Å². The summed E-state index contributed by atoms with van der Waals surface area (Å²) in [6.45, 7) is 6.45. The molecule has 2 heteroatoms. The second kappa shape index (κ2) is 3.49. The molecule has 2 atom stereocenters. The first-order valence-corrected chi connectivity index (χ1v) is 7.22. The molecule has 0 aliphatic heterocycles. The summed E-state index contributed by atoms with van der Waals surface area (Å²) < 4.78 is 0. The molecule has 0 aromatic heterocycles. The van der Waals surface area contributed by atoms with Crippen molar-refractivity contribution in [2.75, 3.05) is 0 Å². The molecule has 1 amide bonds. The SMILES string of the molecule is CC(=O)NC12CC3CC(C1)CC(C(C)C)(C3)C2. The summed E-state index contributed by atoms with van der Waals surface area (Å²) in [6, 6.07) is 0. The quantitative estimate of drug-likeness (QED) is 0.783. The largest absolute Gasteiger partial charge is 0.351 e. The first kappa shape index (κ1) is 11.6. The second-order valence-electron chi connectivity index (χ2n) is 7.44. The molecule has 2 nitrogen and oxygen atoms in total. The summed E-state index contributed by atoms with van der Waals surface area (Å²) in [7, 11) is 0. The van der Waals surface area contributed by atoms with Crippen LogP contribution in [0.5, 0.6) is 0 Å². The van der Waals surface area contributed by atoms with Crippen LogP contribution in [0.4, 0.5) is 0 Å². The van der Waals surface area contributed by atoms with E-state index >= 15 is 0 Å². The van der Waals surface area contributed by atoms with Gasteiger partial charge >= 0.3 is 0 Å². The fourth-order valence-electron chi connectivity index (χ4n) is 5.53. The first-order valence-electron chi connectivity index (χ1n) is 7.22. The summed E-state index contributed by atoms with van der Waals surface area (Å²) in [6.07, 6.45) is 8.00. The molecule has 0 spiro atoms. The van der Waals surface area contributed by atoms with Crippen LogP contribution >= 0.6 is 0 Å². The minimum absolute atomic E-state index is 0.167. The molecule has 4 aliphatic carbocycles. The van der Waals surface area contributed by atoms with E-state index < -0.39 is 0 Å². The molecule has 1 N–H and O–H groups in total. The molecular weight excluding hydrogens is 210 g/mol. The monoisotopic (exact) mass is 235 g/mol. The lowest BCUT2D eigenvalue weighted by Crippen LogP contribution is -2.63. The van der Waals surface area contributed by atoms with Gasteiger partial charge in [-0.1, -0.05) is 13.8 Å². The maximum absolute atomic E-state index is 11.5. The second-order valence-corrected chi connectivity index (χ2v) is 7.44. The van der Waals surface area contributed by atoms with Crippen molar-refractivity contribution in [1.29, 1.82) is 0 Å². The number of amides is 1. The lowest BCUT2D eigenvalue weighted by atomic mass is 9.44. The van der Waals surface area contributed by atoms with Gasteiger partial charge in [0, 0.05) is 12.5 Å². The van der Waals surface area contributed by atoms with Crippen LogP contribution in [0.2, 0.25) is 0 Å². The molecule has 4 fully saturated rings. The first-order chi connectivity index (χ1) is 7.93. The van der Waals surface area contributed by atoms with Crippen LogP contribution in [-0.2, 0) is 4.79 Å². The Morgan fingerprint density at radius 2 is 1.76 bits per heavy atom. The number of carbonyl (C=O) groups is 1. The van der Waals surface area contributed by atoms with E-state index in [0.717, 1.165) is 17.8 Å². The molecule has 0 saturated heterocycles. The van der Waals surface area contributed by atoms with E-state index in [-0.39, 0.29) is 11.4 Å². The molecule has 0 heterocycles. The van der Waals surface area contributed by atoms with Gasteiger partial charge in [0.15, 0.2) is 0 Å². The maximum Gasteiger partial charge on any atom is 0.217 e. The summed E-state index contributed by atoms with van der Waals surface area (Å²) in [4.78, 5) is 11.5. The van der Waals surface area contributed by atoms with Crippen LogP contribution in [0.25, 0.3) is 0 Å². The predicted octanol–water partition coefficient (Wildman–Crippen LogP) is 3.12. The zero-order valence-corrected chi connectivity index (χ0v) is 11.4. The molecule has 0 aromatic rings. The van der Waals surface area contributed by atoms with Crippen molar-refractivity contribution in [3.63, 3.8) is 0 Å². The summed E-state index contributed by atoms with van der Waals surface area (Å²) in [5, 5.41) is 3.33. The Kier molecular flexibility index (Phi) is 2.37. The molecular formula is C15H25NO. The molecule has 4 aliphatic rings. The van der Waals surface area contributed by atoms with Gasteiger partial charge in [0.05, 0.1) is 0 Å². The Balaban J connectivity index is 1.91. The normalized spacial score (nSPS) is 47.5. The number of hydrogen-bond acceptors (Lipinski definition) is 1. The molecule has 4 bridgehead atoms. The van der Waals surface area contributed by atoms with Crippen LogP contribution < -0.4 is 5.32 Å². The van der Waals surface area contributed by atoms with E-state index in [2.05, 4.69) is 19.2 Å². The van der Waals surface area contributed by atoms with Gasteiger partial charge in [0.1, 0.15) is 0 Å². The van der Waals surface area contributed by atoms with E-state index in [1.807, 2.05) is 0 Å². The molecule has 17 heavy (non-hydrogen) atoms. The van der Waals surface area contributed by atoms with Crippen LogP contribution in [0, 0.1) is 23.2 Å². The summed E-state index contributed by atoms with van der Waals surface area (Å²) in [5.41, 5.74) is 0.701. The molecule has 96 valence electrons. The van der Waals surface area contributed by atoms with Crippen molar-refractivity contribution >= 4 is 5.91 Å². The Hall–Kier alpha value is -0.530. The van der Waals surface area contributed by atoms with E-state index in [1.165, 1.54) is 38.5 Å². The van der Waals surface area contributed by atoms with Crippen LogP contribution in [0.15, 0.2) is 0 Å². The highest BCUT2D eigenvalue weighted by Gasteiger charge is 2.58. The molecule has 0 radical (unpaired) electrons. The van der Waals surface area contributed by atoms with Crippen molar-refractivity contribution < 1.29 is 4.79 Å². The highest BCUT2D eigenvalue weighted by Crippen LogP contribution is 2.63. The van der Waals surface area contributed by atoms with Crippen molar-refractivity contribution in [2.24, 2.45) is 23.2 Å². The van der Waals surface area contributed by atoms with Gasteiger partial charge in [-0.2, -0.15) is 0 Å². The Bertz CT molecular complexity index is 333. The van der Waals surface area contributed by atoms with Crippen molar-refractivity contribution in [3.8, 4) is 0 Å². The number of nitrogens with one attached hydrogen (secondary N) is 1. The molecule has 2 unspecified atom stereocenters. The van der Waals surface area contributed by atoms with E-state index in [4.69, 9.17) is 0 Å². The Morgan fingerprint density at radius 1 is 1.18 bits per heavy atom. The third-order valence-electron chi connectivity index (χ3n) is 5.77. The van der Waals surface area contributed by atoms with Gasteiger partial charge in [-0.05, 0) is 61.7 Å². The Labute approximate surface area is 105 Å². The molecule has 4 rings (SSSR count).